The monoisotopic (exact) mass is 262 g/mol. The zero-order chi connectivity index (χ0) is 13.3. The van der Waals surface area contributed by atoms with Crippen LogP contribution in [0.25, 0.3) is 0 Å². The number of likely N-dealkylation sites (tertiary alicyclic amines) is 1. The van der Waals surface area contributed by atoms with Gasteiger partial charge in [-0.05, 0) is 50.3 Å². The first kappa shape index (κ1) is 13.2. The molecule has 0 aromatic carbocycles. The number of piperidine rings is 1. The third-order valence-electron chi connectivity index (χ3n) is 4.47. The second kappa shape index (κ2) is 5.29. The van der Waals surface area contributed by atoms with Gasteiger partial charge in [0, 0.05) is 18.2 Å². The lowest BCUT2D eigenvalue weighted by molar-refractivity contribution is 0.120. The SMILES string of the molecule is CC1(C)CCN(Cc2cc(CNC3CC3)co2)CC1. The van der Waals surface area contributed by atoms with Gasteiger partial charge in [0.2, 0.25) is 0 Å². The fraction of sp³-hybridized carbons (Fsp3) is 0.750. The van der Waals surface area contributed by atoms with Crippen LogP contribution in [0.15, 0.2) is 16.7 Å². The van der Waals surface area contributed by atoms with E-state index in [4.69, 9.17) is 4.42 Å². The Morgan fingerprint density at radius 2 is 2.05 bits per heavy atom. The summed E-state index contributed by atoms with van der Waals surface area (Å²) in [6, 6.07) is 2.98. The van der Waals surface area contributed by atoms with Crippen molar-refractivity contribution in [2.75, 3.05) is 13.1 Å². The molecule has 3 heteroatoms. The van der Waals surface area contributed by atoms with Gasteiger partial charge >= 0.3 is 0 Å². The van der Waals surface area contributed by atoms with E-state index >= 15 is 0 Å². The van der Waals surface area contributed by atoms with Crippen LogP contribution in [0.2, 0.25) is 0 Å². The molecule has 1 N–H and O–H groups in total. The van der Waals surface area contributed by atoms with Crippen LogP contribution in [0, 0.1) is 5.41 Å². The van der Waals surface area contributed by atoms with Gasteiger partial charge in [0.15, 0.2) is 0 Å². The lowest BCUT2D eigenvalue weighted by Crippen LogP contribution is -2.36. The highest BCUT2D eigenvalue weighted by molar-refractivity contribution is 5.13. The number of hydrogen-bond acceptors (Lipinski definition) is 3. The minimum atomic E-state index is 0.527. The van der Waals surface area contributed by atoms with E-state index in [0.29, 0.717) is 5.41 Å². The molecule has 2 heterocycles. The topological polar surface area (TPSA) is 28.4 Å². The highest BCUT2D eigenvalue weighted by atomic mass is 16.3. The second-order valence-corrected chi connectivity index (χ2v) is 7.02. The largest absolute Gasteiger partial charge is 0.468 e. The molecule has 0 amide bonds. The zero-order valence-electron chi connectivity index (χ0n) is 12.2. The first-order valence-electron chi connectivity index (χ1n) is 7.63. The first-order chi connectivity index (χ1) is 9.11. The van der Waals surface area contributed by atoms with Crippen molar-refractivity contribution in [2.45, 2.75) is 58.7 Å². The Bertz CT molecular complexity index is 410. The summed E-state index contributed by atoms with van der Waals surface area (Å²) in [6.07, 6.45) is 7.19. The average Bonchev–Trinajstić information content (AvgIpc) is 3.10. The molecule has 0 radical (unpaired) electrons. The molecule has 1 aromatic rings. The van der Waals surface area contributed by atoms with Crippen LogP contribution in [-0.2, 0) is 13.1 Å². The molecule has 0 bridgehead atoms. The fourth-order valence-corrected chi connectivity index (χ4v) is 2.69. The third-order valence-corrected chi connectivity index (χ3v) is 4.47. The smallest absolute Gasteiger partial charge is 0.118 e. The summed E-state index contributed by atoms with van der Waals surface area (Å²) >= 11 is 0. The van der Waals surface area contributed by atoms with Crippen molar-refractivity contribution in [3.63, 3.8) is 0 Å². The van der Waals surface area contributed by atoms with E-state index in [-0.39, 0.29) is 0 Å². The molecule has 19 heavy (non-hydrogen) atoms. The Kier molecular flexibility index (Phi) is 3.68. The Hall–Kier alpha value is -0.800. The molecule has 0 unspecified atom stereocenters. The zero-order valence-corrected chi connectivity index (χ0v) is 12.2. The molecule has 1 aromatic heterocycles. The van der Waals surface area contributed by atoms with E-state index in [1.807, 2.05) is 6.26 Å². The lowest BCUT2D eigenvalue weighted by atomic mass is 9.83. The van der Waals surface area contributed by atoms with Gasteiger partial charge in [-0.2, -0.15) is 0 Å². The summed E-state index contributed by atoms with van der Waals surface area (Å²) in [5, 5.41) is 3.53. The standard InChI is InChI=1S/C16H26N2O/c1-16(2)5-7-18(8-6-16)11-15-9-13(12-19-15)10-17-14-3-4-14/h9,12,14,17H,3-8,10-11H2,1-2H3. The molecule has 1 saturated heterocycles. The highest BCUT2D eigenvalue weighted by Crippen LogP contribution is 2.30. The summed E-state index contributed by atoms with van der Waals surface area (Å²) in [7, 11) is 0. The second-order valence-electron chi connectivity index (χ2n) is 7.02. The summed E-state index contributed by atoms with van der Waals surface area (Å²) in [4.78, 5) is 2.52. The van der Waals surface area contributed by atoms with Crippen molar-refractivity contribution in [3.05, 3.63) is 23.7 Å². The number of hydrogen-bond donors (Lipinski definition) is 1. The molecule has 106 valence electrons. The van der Waals surface area contributed by atoms with Gasteiger partial charge in [-0.15, -0.1) is 0 Å². The van der Waals surface area contributed by atoms with Gasteiger partial charge in [-0.3, -0.25) is 4.90 Å². The lowest BCUT2D eigenvalue weighted by Gasteiger charge is -2.36. The van der Waals surface area contributed by atoms with Gasteiger partial charge in [0.1, 0.15) is 5.76 Å². The van der Waals surface area contributed by atoms with Crippen molar-refractivity contribution in [1.82, 2.24) is 10.2 Å². The van der Waals surface area contributed by atoms with Crippen molar-refractivity contribution in [1.29, 1.82) is 0 Å². The molecule has 1 aliphatic heterocycles. The predicted molar refractivity (Wildman–Crippen MR) is 76.9 cm³/mol. The molecule has 0 atom stereocenters. The first-order valence-corrected chi connectivity index (χ1v) is 7.63. The van der Waals surface area contributed by atoms with Crippen molar-refractivity contribution in [2.24, 2.45) is 5.41 Å². The van der Waals surface area contributed by atoms with Crippen LogP contribution >= 0.6 is 0 Å². The normalized spacial score (nSPS) is 23.7. The van der Waals surface area contributed by atoms with Gasteiger partial charge < -0.3 is 9.73 Å². The van der Waals surface area contributed by atoms with Gasteiger partial charge in [-0.1, -0.05) is 13.8 Å². The molecule has 3 rings (SSSR count). The van der Waals surface area contributed by atoms with E-state index in [1.165, 1.54) is 44.3 Å². The van der Waals surface area contributed by atoms with Crippen LogP contribution in [-0.4, -0.2) is 24.0 Å². The number of nitrogens with zero attached hydrogens (tertiary/aromatic N) is 1. The highest BCUT2D eigenvalue weighted by Gasteiger charge is 2.25. The maximum atomic E-state index is 5.69. The quantitative estimate of drug-likeness (QED) is 0.883. The maximum absolute atomic E-state index is 5.69. The van der Waals surface area contributed by atoms with Gasteiger partial charge in [0.25, 0.3) is 0 Å². The van der Waals surface area contributed by atoms with Gasteiger partial charge in [0.05, 0.1) is 12.8 Å². The maximum Gasteiger partial charge on any atom is 0.118 e. The molecule has 0 spiro atoms. The van der Waals surface area contributed by atoms with E-state index in [0.717, 1.165) is 24.9 Å². The third kappa shape index (κ3) is 3.83. The van der Waals surface area contributed by atoms with Crippen LogP contribution in [0.3, 0.4) is 0 Å². The average molecular weight is 262 g/mol. The van der Waals surface area contributed by atoms with Gasteiger partial charge in [-0.25, -0.2) is 0 Å². The summed E-state index contributed by atoms with van der Waals surface area (Å²) in [6.45, 7) is 9.07. The van der Waals surface area contributed by atoms with Crippen LogP contribution in [0.1, 0.15) is 50.9 Å². The van der Waals surface area contributed by atoms with E-state index in [9.17, 15) is 0 Å². The molecule has 1 saturated carbocycles. The Labute approximate surface area is 116 Å². The summed E-state index contributed by atoms with van der Waals surface area (Å²) in [5.74, 6) is 1.12. The van der Waals surface area contributed by atoms with E-state index in [1.54, 1.807) is 0 Å². The van der Waals surface area contributed by atoms with Crippen LogP contribution in [0.5, 0.6) is 0 Å². The van der Waals surface area contributed by atoms with E-state index in [2.05, 4.69) is 30.1 Å². The minimum Gasteiger partial charge on any atom is -0.468 e. The molecule has 2 aliphatic rings. The van der Waals surface area contributed by atoms with Crippen molar-refractivity contribution >= 4 is 0 Å². The Balaban J connectivity index is 1.47. The molecular formula is C16H26N2O. The molecule has 3 nitrogen and oxygen atoms in total. The number of furan rings is 1. The molecule has 2 fully saturated rings. The minimum absolute atomic E-state index is 0.527. The van der Waals surface area contributed by atoms with Crippen molar-refractivity contribution in [3.8, 4) is 0 Å². The Morgan fingerprint density at radius 3 is 2.74 bits per heavy atom. The van der Waals surface area contributed by atoms with Crippen LogP contribution < -0.4 is 5.32 Å². The summed E-state index contributed by atoms with van der Waals surface area (Å²) in [5.41, 5.74) is 1.82. The molecule has 1 aliphatic carbocycles. The number of rotatable bonds is 5. The Morgan fingerprint density at radius 1 is 1.32 bits per heavy atom. The molecular weight excluding hydrogens is 236 g/mol. The summed E-state index contributed by atoms with van der Waals surface area (Å²) < 4.78 is 5.69. The van der Waals surface area contributed by atoms with Crippen LogP contribution in [0.4, 0.5) is 0 Å². The van der Waals surface area contributed by atoms with E-state index < -0.39 is 0 Å². The van der Waals surface area contributed by atoms with Crippen molar-refractivity contribution < 1.29 is 4.42 Å². The fourth-order valence-electron chi connectivity index (χ4n) is 2.69. The predicted octanol–water partition coefficient (Wildman–Crippen LogP) is 3.15. The number of nitrogens with one attached hydrogen (secondary N) is 1.